The summed E-state index contributed by atoms with van der Waals surface area (Å²) in [6.45, 7) is 2.16. The van der Waals surface area contributed by atoms with E-state index in [4.69, 9.17) is 0 Å². The first-order valence-electron chi connectivity index (χ1n) is 6.51. The number of nitrogens with zero attached hydrogens (tertiary/aromatic N) is 2. The predicted octanol–water partition coefficient (Wildman–Crippen LogP) is 1.83. The monoisotopic (exact) mass is 293 g/mol. The van der Waals surface area contributed by atoms with Crippen molar-refractivity contribution in [3.63, 3.8) is 0 Å². The summed E-state index contributed by atoms with van der Waals surface area (Å²) in [4.78, 5) is 23.9. The molecule has 0 unspecified atom stereocenters. The molecule has 0 fully saturated rings. The van der Waals surface area contributed by atoms with Crippen molar-refractivity contribution < 1.29 is 22.8 Å². The molecule has 1 heterocycles. The van der Waals surface area contributed by atoms with Crippen molar-refractivity contribution in [2.75, 3.05) is 6.54 Å². The molecule has 0 aromatic rings. The minimum atomic E-state index is -4.46. The average Bonchev–Trinajstić information content (AvgIpc) is 2.37. The summed E-state index contributed by atoms with van der Waals surface area (Å²) in [7, 11) is 0. The van der Waals surface area contributed by atoms with E-state index in [1.807, 2.05) is 0 Å². The van der Waals surface area contributed by atoms with Gasteiger partial charge in [-0.2, -0.15) is 18.3 Å². The molecule has 0 aromatic carbocycles. The highest BCUT2D eigenvalue weighted by Gasteiger charge is 2.37. The topological polar surface area (TPSA) is 61.8 Å². The number of halogens is 3. The van der Waals surface area contributed by atoms with E-state index in [0.717, 1.165) is 4.90 Å². The molecule has 8 heteroatoms. The molecule has 2 amide bonds. The first-order chi connectivity index (χ1) is 9.28. The van der Waals surface area contributed by atoms with Crippen LogP contribution in [0.4, 0.5) is 13.2 Å². The molecule has 0 aromatic heterocycles. The number of rotatable bonds is 5. The van der Waals surface area contributed by atoms with Gasteiger partial charge in [-0.25, -0.2) is 5.43 Å². The van der Waals surface area contributed by atoms with Gasteiger partial charge in [0.05, 0.1) is 0 Å². The lowest BCUT2D eigenvalue weighted by atomic mass is 10.1. The number of carbonyl (C=O) groups excluding carboxylic acids is 2. The fourth-order valence-corrected chi connectivity index (χ4v) is 2.08. The second-order valence-electron chi connectivity index (χ2n) is 4.61. The number of carbonyl (C=O) groups is 2. The number of hydrogen-bond donors (Lipinski definition) is 1. The van der Waals surface area contributed by atoms with Crippen LogP contribution in [0.2, 0.25) is 0 Å². The van der Waals surface area contributed by atoms with Gasteiger partial charge in [0.1, 0.15) is 12.3 Å². The average molecular weight is 293 g/mol. The van der Waals surface area contributed by atoms with Gasteiger partial charge in [-0.1, -0.05) is 13.8 Å². The van der Waals surface area contributed by atoms with Gasteiger partial charge in [0, 0.05) is 18.9 Å². The maximum atomic E-state index is 12.6. The fourth-order valence-electron chi connectivity index (χ4n) is 2.08. The van der Waals surface area contributed by atoms with Crippen molar-refractivity contribution in [3.8, 4) is 0 Å². The molecule has 0 saturated heterocycles. The van der Waals surface area contributed by atoms with Crippen LogP contribution in [0.3, 0.4) is 0 Å². The van der Waals surface area contributed by atoms with Crippen LogP contribution in [-0.4, -0.2) is 41.2 Å². The molecule has 20 heavy (non-hydrogen) atoms. The van der Waals surface area contributed by atoms with Crippen LogP contribution in [0.5, 0.6) is 0 Å². The quantitative estimate of drug-likeness (QED) is 0.840. The van der Waals surface area contributed by atoms with Gasteiger partial charge in [-0.15, -0.1) is 0 Å². The van der Waals surface area contributed by atoms with Crippen LogP contribution in [0.1, 0.15) is 39.5 Å². The number of amides is 2. The Morgan fingerprint density at radius 1 is 1.35 bits per heavy atom. The van der Waals surface area contributed by atoms with E-state index < -0.39 is 24.7 Å². The Kier molecular flexibility index (Phi) is 5.52. The van der Waals surface area contributed by atoms with Crippen LogP contribution >= 0.6 is 0 Å². The summed E-state index contributed by atoms with van der Waals surface area (Å²) in [5.74, 6) is -1.09. The van der Waals surface area contributed by atoms with Gasteiger partial charge in [-0.3, -0.25) is 9.59 Å². The molecular weight excluding hydrogens is 275 g/mol. The van der Waals surface area contributed by atoms with Crippen LogP contribution < -0.4 is 5.43 Å². The van der Waals surface area contributed by atoms with E-state index in [-0.39, 0.29) is 24.5 Å². The summed E-state index contributed by atoms with van der Waals surface area (Å²) in [6, 6.07) is -0.496. The second-order valence-corrected chi connectivity index (χ2v) is 4.61. The Morgan fingerprint density at radius 3 is 2.35 bits per heavy atom. The van der Waals surface area contributed by atoms with E-state index in [1.54, 1.807) is 13.8 Å². The highest BCUT2D eigenvalue weighted by atomic mass is 19.4. The lowest BCUT2D eigenvalue weighted by Crippen LogP contribution is -2.49. The molecule has 114 valence electrons. The van der Waals surface area contributed by atoms with Crippen molar-refractivity contribution in [2.24, 2.45) is 5.10 Å². The van der Waals surface area contributed by atoms with Crippen molar-refractivity contribution in [1.29, 1.82) is 0 Å². The molecule has 0 spiro atoms. The second kappa shape index (κ2) is 6.71. The molecule has 0 saturated carbocycles. The normalized spacial score (nSPS) is 15.9. The van der Waals surface area contributed by atoms with Crippen LogP contribution in [-0.2, 0) is 9.59 Å². The minimum Gasteiger partial charge on any atom is -0.325 e. The first-order valence-corrected chi connectivity index (χ1v) is 6.51. The standard InChI is InChI=1S/C12H18F3N3O2/c1-3-8(4-2)18(7-12(13,14)15)11(20)9-5-6-10(19)17-16-9/h8H,3-7H2,1-2H3,(H,17,19). The van der Waals surface area contributed by atoms with E-state index in [9.17, 15) is 22.8 Å². The maximum Gasteiger partial charge on any atom is 0.406 e. The predicted molar refractivity (Wildman–Crippen MR) is 66.9 cm³/mol. The molecule has 0 radical (unpaired) electrons. The Balaban J connectivity index is 2.92. The van der Waals surface area contributed by atoms with Crippen molar-refractivity contribution in [2.45, 2.75) is 51.7 Å². The number of alkyl halides is 3. The molecule has 0 atom stereocenters. The molecule has 1 aliphatic heterocycles. The van der Waals surface area contributed by atoms with E-state index in [1.165, 1.54) is 0 Å². The number of hydrazone groups is 1. The summed E-state index contributed by atoms with van der Waals surface area (Å²) < 4.78 is 37.9. The number of nitrogens with one attached hydrogen (secondary N) is 1. The third kappa shape index (κ3) is 4.50. The Morgan fingerprint density at radius 2 is 1.95 bits per heavy atom. The summed E-state index contributed by atoms with van der Waals surface area (Å²) in [6.07, 6.45) is -3.47. The smallest absolute Gasteiger partial charge is 0.325 e. The SMILES string of the molecule is CCC(CC)N(CC(F)(F)F)C(=O)C1=NNC(=O)CC1. The van der Waals surface area contributed by atoms with E-state index in [0.29, 0.717) is 12.8 Å². The van der Waals surface area contributed by atoms with Crippen molar-refractivity contribution in [1.82, 2.24) is 10.3 Å². The molecule has 1 N–H and O–H groups in total. The molecular formula is C12H18F3N3O2. The van der Waals surface area contributed by atoms with Crippen LogP contribution in [0.25, 0.3) is 0 Å². The van der Waals surface area contributed by atoms with Crippen molar-refractivity contribution in [3.05, 3.63) is 0 Å². The number of hydrogen-bond acceptors (Lipinski definition) is 3. The zero-order chi connectivity index (χ0) is 15.3. The molecule has 0 bridgehead atoms. The van der Waals surface area contributed by atoms with E-state index in [2.05, 4.69) is 10.5 Å². The summed E-state index contributed by atoms with van der Waals surface area (Å²) in [5, 5.41) is 3.57. The van der Waals surface area contributed by atoms with Crippen molar-refractivity contribution >= 4 is 17.5 Å². The molecule has 1 aliphatic rings. The summed E-state index contributed by atoms with van der Waals surface area (Å²) in [5.41, 5.74) is 2.10. The molecule has 0 aliphatic carbocycles. The minimum absolute atomic E-state index is 0.0271. The van der Waals surface area contributed by atoms with Crippen LogP contribution in [0.15, 0.2) is 5.10 Å². The zero-order valence-electron chi connectivity index (χ0n) is 11.5. The van der Waals surface area contributed by atoms with Gasteiger partial charge >= 0.3 is 6.18 Å². The Bertz CT molecular complexity index is 403. The zero-order valence-corrected chi connectivity index (χ0v) is 11.5. The van der Waals surface area contributed by atoms with Gasteiger partial charge < -0.3 is 4.90 Å². The lowest BCUT2D eigenvalue weighted by Gasteiger charge is -2.32. The first kappa shape index (κ1) is 16.5. The summed E-state index contributed by atoms with van der Waals surface area (Å²) >= 11 is 0. The lowest BCUT2D eigenvalue weighted by molar-refractivity contribution is -0.162. The van der Waals surface area contributed by atoms with Gasteiger partial charge in [0.15, 0.2) is 0 Å². The van der Waals surface area contributed by atoms with Crippen LogP contribution in [0, 0.1) is 0 Å². The molecule has 5 nitrogen and oxygen atoms in total. The third-order valence-electron chi connectivity index (χ3n) is 3.15. The highest BCUT2D eigenvalue weighted by Crippen LogP contribution is 2.21. The maximum absolute atomic E-state index is 12.6. The Hall–Kier alpha value is -1.60. The van der Waals surface area contributed by atoms with Gasteiger partial charge in [0.25, 0.3) is 5.91 Å². The highest BCUT2D eigenvalue weighted by molar-refractivity contribution is 6.39. The van der Waals surface area contributed by atoms with Gasteiger partial charge in [0.2, 0.25) is 5.91 Å². The van der Waals surface area contributed by atoms with E-state index >= 15 is 0 Å². The Labute approximate surface area is 115 Å². The molecule has 1 rings (SSSR count). The fraction of sp³-hybridized carbons (Fsp3) is 0.750. The van der Waals surface area contributed by atoms with Gasteiger partial charge in [-0.05, 0) is 12.8 Å². The third-order valence-corrected chi connectivity index (χ3v) is 3.15. The largest absolute Gasteiger partial charge is 0.406 e.